The molecular formula is C18H20N2O2. The topological polar surface area (TPSA) is 71.3 Å². The Kier molecular flexibility index (Phi) is 4.42. The Morgan fingerprint density at radius 3 is 2.73 bits per heavy atom. The first-order valence-corrected chi connectivity index (χ1v) is 7.39. The average Bonchev–Trinajstić information content (AvgIpc) is 2.96. The van der Waals surface area contributed by atoms with Crippen LogP contribution in [-0.4, -0.2) is 22.7 Å². The lowest BCUT2D eigenvalue weighted by molar-refractivity contribution is 0.265. The Morgan fingerprint density at radius 1 is 1.14 bits per heavy atom. The number of aromatic amines is 1. The van der Waals surface area contributed by atoms with Gasteiger partial charge in [0.1, 0.15) is 12.4 Å². The molecule has 0 aliphatic rings. The zero-order valence-corrected chi connectivity index (χ0v) is 12.3. The maximum Gasteiger partial charge on any atom is 0.120 e. The van der Waals surface area contributed by atoms with Crippen molar-refractivity contribution in [3.8, 4) is 5.75 Å². The molecule has 1 atom stereocenters. The third-order valence-electron chi connectivity index (χ3n) is 3.70. The first-order valence-electron chi connectivity index (χ1n) is 7.39. The number of aromatic nitrogens is 1. The van der Waals surface area contributed by atoms with Gasteiger partial charge in [0, 0.05) is 23.1 Å². The van der Waals surface area contributed by atoms with E-state index < -0.39 is 0 Å². The fraction of sp³-hybridized carbons (Fsp3) is 0.222. The van der Waals surface area contributed by atoms with Crippen LogP contribution in [0, 0.1) is 0 Å². The molecule has 4 heteroatoms. The largest absolute Gasteiger partial charge is 0.489 e. The van der Waals surface area contributed by atoms with E-state index in [-0.39, 0.29) is 12.6 Å². The molecule has 0 spiro atoms. The van der Waals surface area contributed by atoms with Crippen LogP contribution in [0.5, 0.6) is 5.75 Å². The number of nitrogens with two attached hydrogens (primary N) is 1. The summed E-state index contributed by atoms with van der Waals surface area (Å²) < 4.78 is 5.86. The first-order chi connectivity index (χ1) is 10.8. The van der Waals surface area contributed by atoms with Crippen LogP contribution in [0.25, 0.3) is 10.9 Å². The van der Waals surface area contributed by atoms with Crippen molar-refractivity contribution in [3.63, 3.8) is 0 Å². The molecule has 2 aromatic carbocycles. The molecule has 114 valence electrons. The number of benzene rings is 2. The average molecular weight is 296 g/mol. The fourth-order valence-corrected chi connectivity index (χ4v) is 2.50. The molecule has 0 saturated heterocycles. The second-order valence-corrected chi connectivity index (χ2v) is 5.44. The highest BCUT2D eigenvalue weighted by Gasteiger charge is 2.09. The molecule has 0 saturated carbocycles. The van der Waals surface area contributed by atoms with Gasteiger partial charge in [-0.3, -0.25) is 0 Å². The Labute approximate surface area is 129 Å². The molecule has 0 aliphatic carbocycles. The summed E-state index contributed by atoms with van der Waals surface area (Å²) in [5, 5.41) is 10.2. The number of aliphatic hydroxyl groups is 1. The van der Waals surface area contributed by atoms with Gasteiger partial charge in [-0.15, -0.1) is 0 Å². The first kappa shape index (κ1) is 14.6. The van der Waals surface area contributed by atoms with Gasteiger partial charge in [-0.2, -0.15) is 0 Å². The quantitative estimate of drug-likeness (QED) is 0.655. The molecule has 0 unspecified atom stereocenters. The second-order valence-electron chi connectivity index (χ2n) is 5.44. The number of rotatable bonds is 6. The number of H-pyrrole nitrogens is 1. The highest BCUT2D eigenvalue weighted by Crippen LogP contribution is 2.25. The highest BCUT2D eigenvalue weighted by molar-refractivity contribution is 5.84. The number of hydrogen-bond donors (Lipinski definition) is 3. The fourth-order valence-electron chi connectivity index (χ4n) is 2.50. The molecule has 4 N–H and O–H groups in total. The Balaban J connectivity index is 1.78. The van der Waals surface area contributed by atoms with Crippen LogP contribution in [0.1, 0.15) is 11.1 Å². The van der Waals surface area contributed by atoms with Crippen LogP contribution in [0.3, 0.4) is 0 Å². The number of hydrogen-bond acceptors (Lipinski definition) is 3. The summed E-state index contributed by atoms with van der Waals surface area (Å²) >= 11 is 0. The summed E-state index contributed by atoms with van der Waals surface area (Å²) in [6.45, 7) is 0.527. The van der Waals surface area contributed by atoms with E-state index >= 15 is 0 Å². The maximum absolute atomic E-state index is 9.11. The lowest BCUT2D eigenvalue weighted by atomic mass is 10.1. The molecule has 3 rings (SSSR count). The summed E-state index contributed by atoms with van der Waals surface area (Å²) in [7, 11) is 0. The zero-order valence-electron chi connectivity index (χ0n) is 12.3. The van der Waals surface area contributed by atoms with Crippen molar-refractivity contribution in [3.05, 3.63) is 65.9 Å². The van der Waals surface area contributed by atoms with Gasteiger partial charge >= 0.3 is 0 Å². The van der Waals surface area contributed by atoms with E-state index in [9.17, 15) is 0 Å². The molecule has 22 heavy (non-hydrogen) atoms. The van der Waals surface area contributed by atoms with E-state index in [0.29, 0.717) is 13.0 Å². The Morgan fingerprint density at radius 2 is 1.95 bits per heavy atom. The molecule has 0 aliphatic heterocycles. The van der Waals surface area contributed by atoms with Crippen molar-refractivity contribution in [1.82, 2.24) is 4.98 Å². The van der Waals surface area contributed by atoms with Crippen molar-refractivity contribution in [2.75, 3.05) is 6.61 Å². The molecular weight excluding hydrogens is 276 g/mol. The third kappa shape index (κ3) is 3.30. The predicted octanol–water partition coefficient (Wildman–Crippen LogP) is 2.61. The monoisotopic (exact) mass is 296 g/mol. The smallest absolute Gasteiger partial charge is 0.120 e. The number of ether oxygens (including phenoxy) is 1. The summed E-state index contributed by atoms with van der Waals surface area (Å²) in [5.74, 6) is 0.828. The van der Waals surface area contributed by atoms with Gasteiger partial charge in [0.15, 0.2) is 0 Å². The van der Waals surface area contributed by atoms with E-state index in [1.165, 1.54) is 0 Å². The minimum absolute atomic E-state index is 0.0170. The van der Waals surface area contributed by atoms with Crippen molar-refractivity contribution in [2.24, 2.45) is 5.73 Å². The van der Waals surface area contributed by atoms with Gasteiger partial charge < -0.3 is 20.6 Å². The van der Waals surface area contributed by atoms with E-state index in [0.717, 1.165) is 27.8 Å². The van der Waals surface area contributed by atoms with Gasteiger partial charge in [-0.05, 0) is 35.7 Å². The standard InChI is InChI=1S/C18H20N2O2/c19-15(11-21)8-14-10-20-18-7-6-16(9-17(14)18)22-12-13-4-2-1-3-5-13/h1-7,9-10,15,20-21H,8,11-12,19H2/t15-/m0/s1. The summed E-state index contributed by atoms with van der Waals surface area (Å²) in [5.41, 5.74) is 9.12. The Bertz CT molecular complexity index is 737. The van der Waals surface area contributed by atoms with E-state index in [4.69, 9.17) is 15.6 Å². The van der Waals surface area contributed by atoms with Crippen LogP contribution in [-0.2, 0) is 13.0 Å². The minimum atomic E-state index is -0.243. The second kappa shape index (κ2) is 6.64. The third-order valence-corrected chi connectivity index (χ3v) is 3.70. The van der Waals surface area contributed by atoms with E-state index in [1.807, 2.05) is 54.7 Å². The molecule has 0 radical (unpaired) electrons. The summed E-state index contributed by atoms with van der Waals surface area (Å²) in [6.07, 6.45) is 2.58. The molecule has 1 aromatic heterocycles. The Hall–Kier alpha value is -2.30. The molecule has 0 fully saturated rings. The van der Waals surface area contributed by atoms with Gasteiger partial charge in [0.05, 0.1) is 6.61 Å². The lowest BCUT2D eigenvalue weighted by Crippen LogP contribution is -2.26. The van der Waals surface area contributed by atoms with E-state index in [2.05, 4.69) is 4.98 Å². The lowest BCUT2D eigenvalue weighted by Gasteiger charge is -2.09. The van der Waals surface area contributed by atoms with Crippen molar-refractivity contribution >= 4 is 10.9 Å². The van der Waals surface area contributed by atoms with Crippen molar-refractivity contribution in [2.45, 2.75) is 19.1 Å². The van der Waals surface area contributed by atoms with Crippen molar-refractivity contribution in [1.29, 1.82) is 0 Å². The van der Waals surface area contributed by atoms with Crippen molar-refractivity contribution < 1.29 is 9.84 Å². The van der Waals surface area contributed by atoms with Gasteiger partial charge in [-0.25, -0.2) is 0 Å². The van der Waals surface area contributed by atoms with Crippen LogP contribution in [0.4, 0.5) is 0 Å². The number of fused-ring (bicyclic) bond motifs is 1. The molecule has 3 aromatic rings. The summed E-state index contributed by atoms with van der Waals surface area (Å²) in [4.78, 5) is 3.23. The summed E-state index contributed by atoms with van der Waals surface area (Å²) in [6, 6.07) is 15.8. The van der Waals surface area contributed by atoms with Gasteiger partial charge in [0.2, 0.25) is 0 Å². The SMILES string of the molecule is N[C@H](CO)Cc1c[nH]c2ccc(OCc3ccccc3)cc12. The minimum Gasteiger partial charge on any atom is -0.489 e. The highest BCUT2D eigenvalue weighted by atomic mass is 16.5. The van der Waals surface area contributed by atoms with Crippen LogP contribution < -0.4 is 10.5 Å². The predicted molar refractivity (Wildman–Crippen MR) is 87.8 cm³/mol. The number of nitrogens with one attached hydrogen (secondary N) is 1. The van der Waals surface area contributed by atoms with Gasteiger partial charge in [0.25, 0.3) is 0 Å². The molecule has 0 bridgehead atoms. The van der Waals surface area contributed by atoms with E-state index in [1.54, 1.807) is 0 Å². The maximum atomic E-state index is 9.11. The van der Waals surface area contributed by atoms with Crippen LogP contribution in [0.15, 0.2) is 54.7 Å². The normalized spacial score (nSPS) is 12.5. The zero-order chi connectivity index (χ0) is 15.4. The van der Waals surface area contributed by atoms with Crippen LogP contribution in [0.2, 0.25) is 0 Å². The molecule has 1 heterocycles. The molecule has 0 amide bonds. The van der Waals surface area contributed by atoms with Crippen LogP contribution >= 0.6 is 0 Å². The van der Waals surface area contributed by atoms with Gasteiger partial charge in [-0.1, -0.05) is 30.3 Å². The molecule has 4 nitrogen and oxygen atoms in total. The number of aliphatic hydroxyl groups excluding tert-OH is 1.